The van der Waals surface area contributed by atoms with Crippen LogP contribution in [0, 0.1) is 17.7 Å². The molecular weight excluding hydrogens is 267 g/mol. The Balaban J connectivity index is 2.57. The van der Waals surface area contributed by atoms with Gasteiger partial charge in [-0.3, -0.25) is 4.79 Å². The normalized spacial score (nSPS) is 9.63. The molecule has 0 spiro atoms. The number of ether oxygens (including phenoxy) is 1. The average molecular weight is 282 g/mol. The van der Waals surface area contributed by atoms with E-state index in [9.17, 15) is 9.18 Å². The molecule has 0 radical (unpaired) electrons. The van der Waals surface area contributed by atoms with Crippen molar-refractivity contribution in [1.29, 1.82) is 0 Å². The molecule has 0 fully saturated rings. The van der Waals surface area contributed by atoms with Crippen molar-refractivity contribution in [1.82, 2.24) is 0 Å². The molecule has 0 atom stereocenters. The molecule has 1 aromatic carbocycles. The van der Waals surface area contributed by atoms with E-state index < -0.39 is 5.82 Å². The number of rotatable bonds is 5. The molecule has 1 aromatic rings. The van der Waals surface area contributed by atoms with Crippen LogP contribution in [0.5, 0.6) is 0 Å². The van der Waals surface area contributed by atoms with E-state index in [-0.39, 0.29) is 23.9 Å². The monoisotopic (exact) mass is 282 g/mol. The number of aliphatic hydroxyl groups excluding tert-OH is 1. The molecule has 0 aromatic heterocycles. The molecule has 1 rings (SSSR count). The van der Waals surface area contributed by atoms with Gasteiger partial charge in [-0.25, -0.2) is 4.39 Å². The molecule has 19 heavy (non-hydrogen) atoms. The first-order chi connectivity index (χ1) is 9.17. The van der Waals surface area contributed by atoms with Crippen molar-refractivity contribution in [2.45, 2.75) is 12.7 Å². The minimum Gasteiger partial charge on any atom is -0.465 e. The zero-order chi connectivity index (χ0) is 14.1. The number of benzene rings is 1. The number of esters is 1. The highest BCUT2D eigenvalue weighted by Crippen LogP contribution is 2.16. The van der Waals surface area contributed by atoms with Gasteiger partial charge in [0.1, 0.15) is 12.4 Å². The zero-order valence-corrected chi connectivity index (χ0v) is 11.4. The molecule has 0 aliphatic rings. The van der Waals surface area contributed by atoms with E-state index >= 15 is 0 Å². The Labute approximate surface area is 116 Å². The fraction of sp³-hybridized carbons (Fsp3) is 0.357. The van der Waals surface area contributed by atoms with Crippen LogP contribution < -0.4 is 0 Å². The van der Waals surface area contributed by atoms with E-state index in [1.54, 1.807) is 19.1 Å². The van der Waals surface area contributed by atoms with Crippen molar-refractivity contribution < 1.29 is 19.0 Å². The molecule has 5 heteroatoms. The number of thioether (sulfide) groups is 1. The minimum absolute atomic E-state index is 0.253. The van der Waals surface area contributed by atoms with Gasteiger partial charge in [0, 0.05) is 5.75 Å². The summed E-state index contributed by atoms with van der Waals surface area (Å²) in [5.74, 6) is 5.13. The zero-order valence-electron chi connectivity index (χ0n) is 10.6. The van der Waals surface area contributed by atoms with E-state index in [1.165, 1.54) is 17.8 Å². The highest BCUT2D eigenvalue weighted by atomic mass is 32.2. The van der Waals surface area contributed by atoms with Crippen molar-refractivity contribution in [2.75, 3.05) is 19.0 Å². The molecule has 0 bridgehead atoms. The van der Waals surface area contributed by atoms with E-state index in [2.05, 4.69) is 11.8 Å². The Bertz CT molecular complexity index is 491. The van der Waals surface area contributed by atoms with Crippen LogP contribution in [-0.4, -0.2) is 30.0 Å². The molecule has 0 saturated heterocycles. The van der Waals surface area contributed by atoms with Crippen LogP contribution in [0.2, 0.25) is 0 Å². The fourth-order valence-corrected chi connectivity index (χ4v) is 2.11. The van der Waals surface area contributed by atoms with Crippen molar-refractivity contribution in [3.63, 3.8) is 0 Å². The second-order valence-electron chi connectivity index (χ2n) is 3.57. The first-order valence-corrected chi connectivity index (χ1v) is 6.94. The van der Waals surface area contributed by atoms with Crippen molar-refractivity contribution in [3.8, 4) is 11.8 Å². The summed E-state index contributed by atoms with van der Waals surface area (Å²) in [4.78, 5) is 11.1. The standard InChI is InChI=1S/C14H15FO3S/c1-2-18-14(17)10-19-9-11-5-6-13(15)12(8-11)4-3-7-16/h5-6,8,16H,2,7,9-10H2,1H3. The minimum atomic E-state index is -0.417. The Morgan fingerprint density at radius 1 is 1.53 bits per heavy atom. The molecule has 0 aliphatic carbocycles. The molecule has 0 heterocycles. The van der Waals surface area contributed by atoms with Crippen LogP contribution in [0.1, 0.15) is 18.1 Å². The van der Waals surface area contributed by atoms with Crippen LogP contribution in [0.4, 0.5) is 4.39 Å². The Morgan fingerprint density at radius 2 is 2.32 bits per heavy atom. The van der Waals surface area contributed by atoms with Gasteiger partial charge < -0.3 is 9.84 Å². The molecule has 1 N–H and O–H groups in total. The SMILES string of the molecule is CCOC(=O)CSCc1ccc(F)c(C#CCO)c1. The van der Waals surface area contributed by atoms with Crippen LogP contribution >= 0.6 is 11.8 Å². The van der Waals surface area contributed by atoms with Gasteiger partial charge in [-0.15, -0.1) is 11.8 Å². The van der Waals surface area contributed by atoms with Gasteiger partial charge in [-0.1, -0.05) is 17.9 Å². The first kappa shape index (κ1) is 15.5. The highest BCUT2D eigenvalue weighted by Gasteiger charge is 2.04. The average Bonchev–Trinajstić information content (AvgIpc) is 2.39. The molecular formula is C14H15FO3S. The third-order valence-electron chi connectivity index (χ3n) is 2.13. The quantitative estimate of drug-likeness (QED) is 0.662. The van der Waals surface area contributed by atoms with Crippen molar-refractivity contribution >= 4 is 17.7 Å². The Morgan fingerprint density at radius 3 is 3.00 bits per heavy atom. The van der Waals surface area contributed by atoms with E-state index in [0.29, 0.717) is 12.4 Å². The summed E-state index contributed by atoms with van der Waals surface area (Å²) in [7, 11) is 0. The summed E-state index contributed by atoms with van der Waals surface area (Å²) >= 11 is 1.40. The Kier molecular flexibility index (Phi) is 7.01. The molecule has 0 saturated carbocycles. The number of hydrogen-bond acceptors (Lipinski definition) is 4. The predicted octanol–water partition coefficient (Wildman–Crippen LogP) is 1.97. The molecule has 0 unspecified atom stereocenters. The number of carbonyl (C=O) groups excluding carboxylic acids is 1. The van der Waals surface area contributed by atoms with Gasteiger partial charge in [0.2, 0.25) is 0 Å². The molecule has 3 nitrogen and oxygen atoms in total. The largest absolute Gasteiger partial charge is 0.465 e. The summed E-state index contributed by atoms with van der Waals surface area (Å²) < 4.78 is 18.2. The fourth-order valence-electron chi connectivity index (χ4n) is 1.35. The van der Waals surface area contributed by atoms with Crippen molar-refractivity contribution in [2.24, 2.45) is 0 Å². The summed E-state index contributed by atoms with van der Waals surface area (Å²) in [5, 5.41) is 8.59. The Hall–Kier alpha value is -1.51. The van der Waals surface area contributed by atoms with E-state index in [4.69, 9.17) is 9.84 Å². The molecule has 0 amide bonds. The van der Waals surface area contributed by atoms with Gasteiger partial charge in [-0.05, 0) is 24.6 Å². The number of hydrogen-bond donors (Lipinski definition) is 1. The van der Waals surface area contributed by atoms with Gasteiger partial charge in [-0.2, -0.15) is 0 Å². The second-order valence-corrected chi connectivity index (χ2v) is 4.56. The molecule has 102 valence electrons. The van der Waals surface area contributed by atoms with Gasteiger partial charge in [0.25, 0.3) is 0 Å². The smallest absolute Gasteiger partial charge is 0.315 e. The lowest BCUT2D eigenvalue weighted by molar-refractivity contribution is -0.139. The predicted molar refractivity (Wildman–Crippen MR) is 73.2 cm³/mol. The summed E-state index contributed by atoms with van der Waals surface area (Å²) in [5.41, 5.74) is 1.13. The lowest BCUT2D eigenvalue weighted by atomic mass is 10.1. The van der Waals surface area contributed by atoms with E-state index in [0.717, 1.165) is 5.56 Å². The maximum atomic E-state index is 13.4. The van der Waals surface area contributed by atoms with Crippen LogP contribution in [-0.2, 0) is 15.3 Å². The lowest BCUT2D eigenvalue weighted by Crippen LogP contribution is -2.06. The van der Waals surface area contributed by atoms with Gasteiger partial charge in [0.15, 0.2) is 0 Å². The van der Waals surface area contributed by atoms with Crippen LogP contribution in [0.15, 0.2) is 18.2 Å². The maximum absolute atomic E-state index is 13.4. The third kappa shape index (κ3) is 5.77. The number of halogens is 1. The number of carbonyl (C=O) groups is 1. The number of aliphatic hydroxyl groups is 1. The summed E-state index contributed by atoms with van der Waals surface area (Å²) in [6, 6.07) is 4.61. The topological polar surface area (TPSA) is 46.5 Å². The maximum Gasteiger partial charge on any atom is 0.315 e. The van der Waals surface area contributed by atoms with E-state index in [1.807, 2.05) is 0 Å². The molecule has 0 aliphatic heterocycles. The first-order valence-electron chi connectivity index (χ1n) is 5.79. The van der Waals surface area contributed by atoms with Crippen molar-refractivity contribution in [3.05, 3.63) is 35.1 Å². The highest BCUT2D eigenvalue weighted by molar-refractivity contribution is 7.99. The van der Waals surface area contributed by atoms with Crippen LogP contribution in [0.25, 0.3) is 0 Å². The summed E-state index contributed by atoms with van der Waals surface area (Å²) in [6.45, 7) is 1.83. The third-order valence-corrected chi connectivity index (χ3v) is 3.10. The van der Waals surface area contributed by atoms with Crippen LogP contribution in [0.3, 0.4) is 0 Å². The van der Waals surface area contributed by atoms with Gasteiger partial charge in [0.05, 0.1) is 17.9 Å². The van der Waals surface area contributed by atoms with Gasteiger partial charge >= 0.3 is 5.97 Å². The second kappa shape index (κ2) is 8.57. The lowest BCUT2D eigenvalue weighted by Gasteiger charge is -2.03. The summed E-state index contributed by atoms with van der Waals surface area (Å²) in [6.07, 6.45) is 0.